The standard InChI is InChI=1S/C22H29NO3Si/c1-15(2)27(16(3)4,17(5)6)12-10-19-14-20(22(24)26-7)13-18-9-8-11-23(25)21(18)19/h8-9,11,13-17H,1-7H3. The van der Waals surface area contributed by atoms with Crippen LogP contribution in [0.15, 0.2) is 30.5 Å². The van der Waals surface area contributed by atoms with Crippen molar-refractivity contribution in [3.63, 3.8) is 0 Å². The zero-order chi connectivity index (χ0) is 20.4. The second kappa shape index (κ2) is 8.14. The summed E-state index contributed by atoms with van der Waals surface area (Å²) in [5.41, 5.74) is 6.58. The van der Waals surface area contributed by atoms with Crippen molar-refractivity contribution in [3.8, 4) is 11.5 Å². The van der Waals surface area contributed by atoms with E-state index in [1.807, 2.05) is 6.07 Å². The SMILES string of the molecule is COC(=O)c1cc(C#C[Si](C(C)C)(C(C)C)C(C)C)c2c(ccc[n+]2[O-])c1. The van der Waals surface area contributed by atoms with Gasteiger partial charge in [-0.1, -0.05) is 47.5 Å². The minimum Gasteiger partial charge on any atom is -0.618 e. The number of hydrogen-bond donors (Lipinski definition) is 0. The number of aromatic nitrogens is 1. The number of carbonyl (C=O) groups is 1. The number of rotatable bonds is 4. The molecule has 1 aromatic carbocycles. The van der Waals surface area contributed by atoms with Crippen LogP contribution in [0, 0.1) is 16.7 Å². The molecule has 1 heterocycles. The van der Waals surface area contributed by atoms with Crippen LogP contribution in [-0.2, 0) is 4.74 Å². The molecule has 144 valence electrons. The molecule has 0 bridgehead atoms. The predicted octanol–water partition coefficient (Wildman–Crippen LogP) is 4.83. The molecule has 0 aliphatic rings. The number of methoxy groups -OCH3 is 1. The molecule has 0 atom stereocenters. The van der Waals surface area contributed by atoms with Crippen molar-refractivity contribution in [1.29, 1.82) is 0 Å². The Labute approximate surface area is 163 Å². The van der Waals surface area contributed by atoms with E-state index < -0.39 is 14.0 Å². The van der Waals surface area contributed by atoms with Crippen LogP contribution < -0.4 is 4.73 Å². The van der Waals surface area contributed by atoms with Gasteiger partial charge in [0.1, 0.15) is 8.07 Å². The third-order valence-corrected chi connectivity index (χ3v) is 11.8. The molecule has 27 heavy (non-hydrogen) atoms. The summed E-state index contributed by atoms with van der Waals surface area (Å²) in [6.07, 6.45) is 1.46. The highest BCUT2D eigenvalue weighted by atomic mass is 28.3. The van der Waals surface area contributed by atoms with Gasteiger partial charge >= 0.3 is 5.97 Å². The molecule has 0 aliphatic heterocycles. The highest BCUT2D eigenvalue weighted by Gasteiger charge is 2.41. The van der Waals surface area contributed by atoms with Crippen molar-refractivity contribution in [3.05, 3.63) is 46.8 Å². The Hall–Kier alpha value is -2.32. The first-order valence-corrected chi connectivity index (χ1v) is 11.7. The van der Waals surface area contributed by atoms with Crippen molar-refractivity contribution in [2.75, 3.05) is 7.11 Å². The van der Waals surface area contributed by atoms with Crippen molar-refractivity contribution in [2.45, 2.75) is 58.2 Å². The van der Waals surface area contributed by atoms with Crippen molar-refractivity contribution < 1.29 is 14.3 Å². The predicted molar refractivity (Wildman–Crippen MR) is 112 cm³/mol. The molecule has 4 nitrogen and oxygen atoms in total. The number of ether oxygens (including phenoxy) is 1. The number of fused-ring (bicyclic) bond motifs is 1. The van der Waals surface area contributed by atoms with Gasteiger partial charge in [-0.3, -0.25) is 0 Å². The molecule has 0 spiro atoms. The summed E-state index contributed by atoms with van der Waals surface area (Å²) < 4.78 is 5.69. The molecule has 0 aliphatic carbocycles. The van der Waals surface area contributed by atoms with Gasteiger partial charge in [-0.2, -0.15) is 4.73 Å². The smallest absolute Gasteiger partial charge is 0.337 e. The largest absolute Gasteiger partial charge is 0.618 e. The highest BCUT2D eigenvalue weighted by Crippen LogP contribution is 2.40. The van der Waals surface area contributed by atoms with E-state index in [-0.39, 0.29) is 0 Å². The van der Waals surface area contributed by atoms with E-state index in [1.54, 1.807) is 18.2 Å². The maximum absolute atomic E-state index is 12.4. The minimum atomic E-state index is -1.96. The van der Waals surface area contributed by atoms with Crippen LogP contribution in [0.1, 0.15) is 57.5 Å². The summed E-state index contributed by atoms with van der Waals surface area (Å²) in [6, 6.07) is 6.84. The van der Waals surface area contributed by atoms with E-state index in [1.165, 1.54) is 13.3 Å². The molecule has 0 saturated carbocycles. The fourth-order valence-corrected chi connectivity index (χ4v) is 9.49. The van der Waals surface area contributed by atoms with Crippen LogP contribution in [-0.4, -0.2) is 21.2 Å². The first-order chi connectivity index (χ1) is 12.6. The molecule has 0 radical (unpaired) electrons. The lowest BCUT2D eigenvalue weighted by Gasteiger charge is -2.38. The number of benzene rings is 1. The topological polar surface area (TPSA) is 53.2 Å². The van der Waals surface area contributed by atoms with Gasteiger partial charge in [0.15, 0.2) is 6.20 Å². The van der Waals surface area contributed by atoms with Gasteiger partial charge in [-0.05, 0) is 34.8 Å². The van der Waals surface area contributed by atoms with E-state index in [0.29, 0.717) is 38.7 Å². The second-order valence-electron chi connectivity index (χ2n) is 7.93. The van der Waals surface area contributed by atoms with Crippen LogP contribution >= 0.6 is 0 Å². The van der Waals surface area contributed by atoms with Gasteiger partial charge in [0, 0.05) is 11.5 Å². The molecule has 2 aromatic rings. The summed E-state index contributed by atoms with van der Waals surface area (Å²) in [6.45, 7) is 13.5. The molecule has 0 N–H and O–H groups in total. The zero-order valence-corrected chi connectivity index (χ0v) is 18.3. The normalized spacial score (nSPS) is 11.8. The lowest BCUT2D eigenvalue weighted by molar-refractivity contribution is -0.577. The Bertz CT molecular complexity index is 885. The van der Waals surface area contributed by atoms with Crippen LogP contribution in [0.3, 0.4) is 0 Å². The number of nitrogens with zero attached hydrogens (tertiary/aromatic N) is 1. The number of hydrogen-bond acceptors (Lipinski definition) is 3. The highest BCUT2D eigenvalue weighted by molar-refractivity contribution is 6.90. The molecule has 0 unspecified atom stereocenters. The molecule has 5 heteroatoms. The third kappa shape index (κ3) is 3.86. The van der Waals surface area contributed by atoms with Crippen LogP contribution in [0.4, 0.5) is 0 Å². The maximum Gasteiger partial charge on any atom is 0.337 e. The number of carbonyl (C=O) groups excluding carboxylic acids is 1. The van der Waals surface area contributed by atoms with Gasteiger partial charge in [-0.25, -0.2) is 4.79 Å². The molecule has 2 rings (SSSR count). The zero-order valence-electron chi connectivity index (χ0n) is 17.3. The molecular formula is C22H29NO3Si. The first-order valence-electron chi connectivity index (χ1n) is 9.42. The van der Waals surface area contributed by atoms with Crippen molar-refractivity contribution in [2.24, 2.45) is 0 Å². The van der Waals surface area contributed by atoms with E-state index in [2.05, 4.69) is 53.0 Å². The van der Waals surface area contributed by atoms with Gasteiger partial charge < -0.3 is 9.94 Å². The average Bonchev–Trinajstić information content (AvgIpc) is 2.60. The van der Waals surface area contributed by atoms with Gasteiger partial charge in [0.05, 0.1) is 18.2 Å². The summed E-state index contributed by atoms with van der Waals surface area (Å²) in [4.78, 5) is 12.1. The summed E-state index contributed by atoms with van der Waals surface area (Å²) in [7, 11) is -0.605. The Morgan fingerprint density at radius 1 is 1.11 bits per heavy atom. The lowest BCUT2D eigenvalue weighted by atomic mass is 10.1. The quantitative estimate of drug-likeness (QED) is 0.250. The monoisotopic (exact) mass is 383 g/mol. The van der Waals surface area contributed by atoms with E-state index in [0.717, 1.165) is 4.73 Å². The molecule has 0 saturated heterocycles. The first kappa shape index (κ1) is 21.0. The van der Waals surface area contributed by atoms with E-state index in [4.69, 9.17) is 4.74 Å². The third-order valence-electron chi connectivity index (χ3n) is 5.56. The lowest BCUT2D eigenvalue weighted by Crippen LogP contribution is -2.43. The fourth-order valence-electron chi connectivity index (χ4n) is 4.27. The van der Waals surface area contributed by atoms with Crippen LogP contribution in [0.25, 0.3) is 10.9 Å². The summed E-state index contributed by atoms with van der Waals surface area (Å²) >= 11 is 0. The fraction of sp³-hybridized carbons (Fsp3) is 0.455. The Kier molecular flexibility index (Phi) is 6.33. The van der Waals surface area contributed by atoms with E-state index >= 15 is 0 Å². The van der Waals surface area contributed by atoms with E-state index in [9.17, 15) is 10.0 Å². The Morgan fingerprint density at radius 2 is 1.70 bits per heavy atom. The molecule has 1 aromatic heterocycles. The number of pyridine rings is 1. The molecular weight excluding hydrogens is 354 g/mol. The summed E-state index contributed by atoms with van der Waals surface area (Å²) in [5.74, 6) is 2.89. The van der Waals surface area contributed by atoms with Crippen LogP contribution in [0.5, 0.6) is 0 Å². The van der Waals surface area contributed by atoms with Gasteiger partial charge in [0.25, 0.3) is 0 Å². The van der Waals surface area contributed by atoms with Crippen molar-refractivity contribution in [1.82, 2.24) is 0 Å². The second-order valence-corrected chi connectivity index (χ2v) is 13.5. The van der Waals surface area contributed by atoms with Gasteiger partial charge in [0.2, 0.25) is 5.52 Å². The van der Waals surface area contributed by atoms with Crippen LogP contribution in [0.2, 0.25) is 16.6 Å². The number of esters is 1. The molecule has 0 amide bonds. The molecule has 0 fully saturated rings. The van der Waals surface area contributed by atoms with Crippen molar-refractivity contribution >= 4 is 24.9 Å². The maximum atomic E-state index is 12.4. The Balaban J connectivity index is 2.79. The van der Waals surface area contributed by atoms with Gasteiger partial charge in [-0.15, -0.1) is 5.54 Å². The average molecular weight is 384 g/mol. The summed E-state index contributed by atoms with van der Waals surface area (Å²) in [5, 5.41) is 13.1. The Morgan fingerprint density at radius 3 is 2.22 bits per heavy atom. The minimum absolute atomic E-state index is 0.409.